The maximum absolute atomic E-state index is 11.3. The average Bonchev–Trinajstić information content (AvgIpc) is 2.27. The van der Waals surface area contributed by atoms with Gasteiger partial charge in [-0.15, -0.1) is 0 Å². The number of hydrogen-bond acceptors (Lipinski definition) is 2. The molecule has 0 bridgehead atoms. The Morgan fingerprint density at radius 1 is 1.38 bits per heavy atom. The first kappa shape index (κ1) is 12.5. The van der Waals surface area contributed by atoms with Gasteiger partial charge in [0.05, 0.1) is 0 Å². The minimum atomic E-state index is -0.167. The van der Waals surface area contributed by atoms with Gasteiger partial charge < -0.3 is 4.74 Å². The number of hydrogen-bond donors (Lipinski definition) is 0. The van der Waals surface area contributed by atoms with Crippen molar-refractivity contribution in [3.63, 3.8) is 0 Å². The zero-order chi connectivity index (χ0) is 11.8. The topological polar surface area (TPSA) is 26.3 Å². The lowest BCUT2D eigenvalue weighted by Gasteiger charge is -2.03. The molecule has 0 aliphatic heterocycles. The van der Waals surface area contributed by atoms with E-state index < -0.39 is 0 Å². The Morgan fingerprint density at radius 3 is 2.88 bits per heavy atom. The van der Waals surface area contributed by atoms with Crippen molar-refractivity contribution in [1.82, 2.24) is 0 Å². The highest BCUT2D eigenvalue weighted by Crippen LogP contribution is 2.15. The molecule has 0 N–H and O–H groups in total. The first-order chi connectivity index (χ1) is 7.76. The summed E-state index contributed by atoms with van der Waals surface area (Å²) in [7, 11) is 0. The number of ether oxygens (including phenoxy) is 1. The predicted octanol–water partition coefficient (Wildman–Crippen LogP) is 3.82. The predicted molar refractivity (Wildman–Crippen MR) is 66.3 cm³/mol. The van der Waals surface area contributed by atoms with E-state index in [4.69, 9.17) is 4.74 Å². The van der Waals surface area contributed by atoms with E-state index in [-0.39, 0.29) is 5.97 Å². The molecule has 86 valence electrons. The van der Waals surface area contributed by atoms with Gasteiger partial charge in [0, 0.05) is 6.42 Å². The summed E-state index contributed by atoms with van der Waals surface area (Å²) in [5, 5.41) is 0. The Bertz CT molecular complexity index is 367. The van der Waals surface area contributed by atoms with E-state index in [2.05, 4.69) is 13.0 Å². The van der Waals surface area contributed by atoms with Gasteiger partial charge in [0.2, 0.25) is 0 Å². The van der Waals surface area contributed by atoms with Gasteiger partial charge in [0.15, 0.2) is 0 Å². The number of carbonyl (C=O) groups is 1. The molecule has 0 heterocycles. The molecule has 0 fully saturated rings. The zero-order valence-electron chi connectivity index (χ0n) is 9.90. The van der Waals surface area contributed by atoms with Crippen LogP contribution in [-0.4, -0.2) is 5.97 Å². The SMILES string of the molecule is CC/C=C/c1cccc(OC(=O)CCC)c1. The van der Waals surface area contributed by atoms with E-state index in [1.54, 1.807) is 6.07 Å². The minimum Gasteiger partial charge on any atom is -0.427 e. The third-order valence-electron chi connectivity index (χ3n) is 2.09. The van der Waals surface area contributed by atoms with E-state index in [0.717, 1.165) is 18.4 Å². The van der Waals surface area contributed by atoms with Crippen LogP contribution < -0.4 is 4.74 Å². The van der Waals surface area contributed by atoms with Gasteiger partial charge in [0.1, 0.15) is 5.75 Å². The summed E-state index contributed by atoms with van der Waals surface area (Å²) in [6.07, 6.45) is 6.38. The van der Waals surface area contributed by atoms with E-state index in [1.807, 2.05) is 31.2 Å². The van der Waals surface area contributed by atoms with E-state index in [1.165, 1.54) is 0 Å². The van der Waals surface area contributed by atoms with E-state index >= 15 is 0 Å². The molecule has 0 atom stereocenters. The molecule has 16 heavy (non-hydrogen) atoms. The molecule has 1 aromatic rings. The highest BCUT2D eigenvalue weighted by atomic mass is 16.5. The molecule has 0 aliphatic carbocycles. The lowest BCUT2D eigenvalue weighted by atomic mass is 10.2. The molecular weight excluding hydrogens is 200 g/mol. The maximum atomic E-state index is 11.3. The second-order valence-electron chi connectivity index (χ2n) is 3.61. The van der Waals surface area contributed by atoms with Crippen molar-refractivity contribution in [2.75, 3.05) is 0 Å². The van der Waals surface area contributed by atoms with Crippen molar-refractivity contribution in [3.8, 4) is 5.75 Å². The summed E-state index contributed by atoms with van der Waals surface area (Å²) in [5.74, 6) is 0.454. The average molecular weight is 218 g/mol. The summed E-state index contributed by atoms with van der Waals surface area (Å²) in [6.45, 7) is 4.04. The fourth-order valence-corrected chi connectivity index (χ4v) is 1.32. The fraction of sp³-hybridized carbons (Fsp3) is 0.357. The quantitative estimate of drug-likeness (QED) is 0.555. The molecule has 0 aromatic heterocycles. The van der Waals surface area contributed by atoms with Crippen LogP contribution in [0.3, 0.4) is 0 Å². The van der Waals surface area contributed by atoms with Gasteiger partial charge in [0.25, 0.3) is 0 Å². The van der Waals surface area contributed by atoms with Gasteiger partial charge in [-0.2, -0.15) is 0 Å². The second-order valence-corrected chi connectivity index (χ2v) is 3.61. The lowest BCUT2D eigenvalue weighted by Crippen LogP contribution is -2.06. The van der Waals surface area contributed by atoms with Crippen molar-refractivity contribution in [2.45, 2.75) is 33.1 Å². The van der Waals surface area contributed by atoms with Crippen LogP contribution in [0.2, 0.25) is 0 Å². The highest BCUT2D eigenvalue weighted by molar-refractivity contribution is 5.72. The van der Waals surface area contributed by atoms with Crippen molar-refractivity contribution in [1.29, 1.82) is 0 Å². The van der Waals surface area contributed by atoms with E-state index in [9.17, 15) is 4.79 Å². The van der Waals surface area contributed by atoms with Crippen molar-refractivity contribution in [3.05, 3.63) is 35.9 Å². The molecule has 2 heteroatoms. The standard InChI is InChI=1S/C14H18O2/c1-3-5-8-12-9-6-10-13(11-12)16-14(15)7-4-2/h5-6,8-11H,3-4,7H2,1-2H3/b8-5+. The van der Waals surface area contributed by atoms with Gasteiger partial charge in [-0.25, -0.2) is 0 Å². The van der Waals surface area contributed by atoms with Crippen LogP contribution in [0.5, 0.6) is 5.75 Å². The maximum Gasteiger partial charge on any atom is 0.311 e. The summed E-state index contributed by atoms with van der Waals surface area (Å²) in [5.41, 5.74) is 1.06. The number of carbonyl (C=O) groups excluding carboxylic acids is 1. The minimum absolute atomic E-state index is 0.167. The summed E-state index contributed by atoms with van der Waals surface area (Å²) < 4.78 is 5.20. The molecule has 0 saturated heterocycles. The van der Waals surface area contributed by atoms with Gasteiger partial charge in [-0.1, -0.05) is 38.1 Å². The van der Waals surface area contributed by atoms with E-state index in [0.29, 0.717) is 12.2 Å². The Morgan fingerprint density at radius 2 is 2.19 bits per heavy atom. The Labute approximate surface area is 96.9 Å². The largest absolute Gasteiger partial charge is 0.427 e. The molecule has 0 saturated carbocycles. The molecule has 0 unspecified atom stereocenters. The molecule has 0 radical (unpaired) electrons. The molecule has 0 aliphatic rings. The molecule has 2 nitrogen and oxygen atoms in total. The summed E-state index contributed by atoms with van der Waals surface area (Å²) in [6, 6.07) is 7.56. The molecular formula is C14H18O2. The second kappa shape index (κ2) is 6.83. The Kier molecular flexibility index (Phi) is 5.34. The number of rotatable bonds is 5. The van der Waals surface area contributed by atoms with Crippen LogP contribution in [0.25, 0.3) is 6.08 Å². The van der Waals surface area contributed by atoms with Crippen molar-refractivity contribution in [2.24, 2.45) is 0 Å². The molecule has 0 amide bonds. The summed E-state index contributed by atoms with van der Waals surface area (Å²) >= 11 is 0. The normalized spacial score (nSPS) is 10.6. The van der Waals surface area contributed by atoms with Gasteiger partial charge >= 0.3 is 5.97 Å². The molecule has 0 spiro atoms. The first-order valence-corrected chi connectivity index (χ1v) is 5.73. The van der Waals surface area contributed by atoms with Crippen LogP contribution in [0.15, 0.2) is 30.3 Å². The summed E-state index contributed by atoms with van der Waals surface area (Å²) in [4.78, 5) is 11.3. The lowest BCUT2D eigenvalue weighted by molar-refractivity contribution is -0.134. The highest BCUT2D eigenvalue weighted by Gasteiger charge is 2.02. The first-order valence-electron chi connectivity index (χ1n) is 5.73. The zero-order valence-corrected chi connectivity index (χ0v) is 9.90. The number of esters is 1. The monoisotopic (exact) mass is 218 g/mol. The van der Waals surface area contributed by atoms with Crippen LogP contribution >= 0.6 is 0 Å². The fourth-order valence-electron chi connectivity index (χ4n) is 1.32. The van der Waals surface area contributed by atoms with Crippen LogP contribution in [0.1, 0.15) is 38.7 Å². The Balaban J connectivity index is 2.67. The molecule has 1 aromatic carbocycles. The number of benzene rings is 1. The van der Waals surface area contributed by atoms with Crippen molar-refractivity contribution < 1.29 is 9.53 Å². The Hall–Kier alpha value is -1.57. The van der Waals surface area contributed by atoms with Crippen LogP contribution in [0.4, 0.5) is 0 Å². The third-order valence-corrected chi connectivity index (χ3v) is 2.09. The van der Waals surface area contributed by atoms with Gasteiger partial charge in [-0.3, -0.25) is 4.79 Å². The van der Waals surface area contributed by atoms with Crippen LogP contribution in [0, 0.1) is 0 Å². The van der Waals surface area contributed by atoms with Crippen LogP contribution in [-0.2, 0) is 4.79 Å². The smallest absolute Gasteiger partial charge is 0.311 e. The molecule has 1 rings (SSSR count). The number of allylic oxidation sites excluding steroid dienone is 1. The van der Waals surface area contributed by atoms with Gasteiger partial charge in [-0.05, 0) is 30.5 Å². The third kappa shape index (κ3) is 4.30. The van der Waals surface area contributed by atoms with Crippen molar-refractivity contribution >= 4 is 12.0 Å².